The number of methoxy groups -OCH3 is 2. The summed E-state index contributed by atoms with van der Waals surface area (Å²) in [7, 11) is 1.58. The number of nitriles is 1. The maximum absolute atomic E-state index is 12.4. The van der Waals surface area contributed by atoms with Gasteiger partial charge in [-0.3, -0.25) is 10.1 Å². The molecule has 4 rings (SSSR count). The Morgan fingerprint density at radius 1 is 0.796 bits per heavy atom. The number of nitrogens with zero attached hydrogens (tertiary/aromatic N) is 3. The van der Waals surface area contributed by atoms with E-state index in [0.29, 0.717) is 18.4 Å². The van der Waals surface area contributed by atoms with E-state index >= 15 is 0 Å². The summed E-state index contributed by atoms with van der Waals surface area (Å²) in [4.78, 5) is 12.1. The zero-order valence-electron chi connectivity index (χ0n) is 29.1. The molecule has 2 unspecified atom stereocenters. The second-order valence-electron chi connectivity index (χ2n) is 12.2. The van der Waals surface area contributed by atoms with E-state index in [-0.39, 0.29) is 35.7 Å². The molecule has 0 aliphatic heterocycles. The first-order valence-electron chi connectivity index (χ1n) is 16.5. The van der Waals surface area contributed by atoms with Crippen molar-refractivity contribution < 1.29 is 23.4 Å². The molecular weight excluding hydrogens is 637 g/mol. The van der Waals surface area contributed by atoms with Crippen LogP contribution in [0.25, 0.3) is 0 Å². The summed E-state index contributed by atoms with van der Waals surface area (Å²) in [6.45, 7) is 8.47. The third kappa shape index (κ3) is 9.03. The van der Waals surface area contributed by atoms with E-state index < -0.39 is 20.0 Å². The Labute approximate surface area is 291 Å². The summed E-state index contributed by atoms with van der Waals surface area (Å²) in [5, 5.41) is 21.7. The average molecular weight is 684 g/mol. The van der Waals surface area contributed by atoms with Gasteiger partial charge in [-0.1, -0.05) is 66.7 Å². The Morgan fingerprint density at radius 3 is 1.80 bits per heavy atom. The molecule has 4 aromatic carbocycles. The third-order valence-electron chi connectivity index (χ3n) is 8.57. The van der Waals surface area contributed by atoms with Gasteiger partial charge in [0, 0.05) is 23.6 Å². The van der Waals surface area contributed by atoms with Crippen molar-refractivity contribution in [1.82, 2.24) is 4.67 Å². The van der Waals surface area contributed by atoms with Crippen LogP contribution in [0.5, 0.6) is 11.5 Å². The van der Waals surface area contributed by atoms with Crippen molar-refractivity contribution in [3.63, 3.8) is 0 Å². The Bertz CT molecular complexity index is 1600. The van der Waals surface area contributed by atoms with E-state index in [0.717, 1.165) is 28.2 Å². The predicted octanol–water partition coefficient (Wildman–Crippen LogP) is 9.76. The maximum atomic E-state index is 12.4. The van der Waals surface area contributed by atoms with Gasteiger partial charge in [-0.25, -0.2) is 4.67 Å². The van der Waals surface area contributed by atoms with Gasteiger partial charge in [0.05, 0.1) is 49.9 Å². The molecule has 0 aromatic heterocycles. The fourth-order valence-electron chi connectivity index (χ4n) is 6.35. The minimum Gasteiger partial charge on any atom is -0.497 e. The van der Waals surface area contributed by atoms with E-state index in [9.17, 15) is 15.4 Å². The number of para-hydroxylation sites is 1. The highest BCUT2D eigenvalue weighted by atomic mass is 31.2. The van der Waals surface area contributed by atoms with Gasteiger partial charge < -0.3 is 18.5 Å². The molecule has 0 radical (unpaired) electrons. The van der Waals surface area contributed by atoms with Crippen LogP contribution < -0.4 is 9.47 Å². The molecule has 0 saturated carbocycles. The van der Waals surface area contributed by atoms with Gasteiger partial charge in [0.1, 0.15) is 11.5 Å². The van der Waals surface area contributed by atoms with Crippen molar-refractivity contribution in [2.24, 2.45) is 0 Å². The number of rotatable bonds is 18. The minimum absolute atomic E-state index is 0.0145. The number of hydrogen-bond donors (Lipinski definition) is 0. The summed E-state index contributed by atoms with van der Waals surface area (Å²) < 4.78 is 26.4. The number of benzene rings is 4. The lowest BCUT2D eigenvalue weighted by atomic mass is 9.66. The van der Waals surface area contributed by atoms with E-state index in [1.165, 1.54) is 6.07 Å². The molecule has 0 bridgehead atoms. The summed E-state index contributed by atoms with van der Waals surface area (Å²) in [5.41, 5.74) is 2.90. The quantitative estimate of drug-likeness (QED) is 0.0335. The Morgan fingerprint density at radius 2 is 1.31 bits per heavy atom. The smallest absolute Gasteiger partial charge is 0.275 e. The zero-order chi connectivity index (χ0) is 35.4. The molecule has 4 aromatic rings. The van der Waals surface area contributed by atoms with E-state index in [1.54, 1.807) is 32.4 Å². The Kier molecular flexibility index (Phi) is 13.7. The highest BCUT2D eigenvalue weighted by Crippen LogP contribution is 2.53. The fraction of sp³-hybridized carbons (Fsp3) is 0.359. The molecule has 0 amide bonds. The van der Waals surface area contributed by atoms with Gasteiger partial charge >= 0.3 is 0 Å². The first-order valence-corrected chi connectivity index (χ1v) is 17.6. The van der Waals surface area contributed by atoms with Gasteiger partial charge in [0.25, 0.3) is 14.2 Å². The number of nitro benzene ring substituents is 1. The van der Waals surface area contributed by atoms with Crippen molar-refractivity contribution in [1.29, 1.82) is 5.26 Å². The molecule has 49 heavy (non-hydrogen) atoms. The normalized spacial score (nSPS) is 12.9. The van der Waals surface area contributed by atoms with Crippen LogP contribution in [0, 0.1) is 21.4 Å². The summed E-state index contributed by atoms with van der Waals surface area (Å²) in [6, 6.07) is 35.4. The SMILES string of the molecule is COc1ccc(C(CCC(OP(OCCC#N)N(C(C)C)C(C)C)c2ccccc2[N+](=O)[O-])(c2ccccc2)c2ccc(OC)cc2)cc1. The molecule has 0 saturated heterocycles. The molecule has 0 N–H and O–H groups in total. The highest BCUT2D eigenvalue weighted by Gasteiger charge is 2.39. The van der Waals surface area contributed by atoms with Crippen molar-refractivity contribution >= 4 is 14.2 Å². The first-order chi connectivity index (χ1) is 23.7. The van der Waals surface area contributed by atoms with Crippen LogP contribution in [0.4, 0.5) is 5.69 Å². The molecule has 0 spiro atoms. The lowest BCUT2D eigenvalue weighted by molar-refractivity contribution is -0.386. The summed E-state index contributed by atoms with van der Waals surface area (Å²) >= 11 is 0. The largest absolute Gasteiger partial charge is 0.497 e. The monoisotopic (exact) mass is 683 g/mol. The van der Waals surface area contributed by atoms with E-state index in [4.69, 9.17) is 18.5 Å². The topological polar surface area (TPSA) is 107 Å². The molecule has 9 nitrogen and oxygen atoms in total. The van der Waals surface area contributed by atoms with Gasteiger partial charge in [-0.05, 0) is 87.6 Å². The number of ether oxygens (including phenoxy) is 2. The lowest BCUT2D eigenvalue weighted by Gasteiger charge is -2.39. The van der Waals surface area contributed by atoms with Crippen molar-refractivity contribution in [2.45, 2.75) is 70.6 Å². The molecule has 0 aliphatic carbocycles. The van der Waals surface area contributed by atoms with Crippen molar-refractivity contribution in [2.75, 3.05) is 20.8 Å². The van der Waals surface area contributed by atoms with Crippen LogP contribution in [0.2, 0.25) is 0 Å². The van der Waals surface area contributed by atoms with Crippen LogP contribution in [-0.4, -0.2) is 42.5 Å². The molecule has 0 aliphatic rings. The minimum atomic E-state index is -1.71. The number of hydrogen-bond acceptors (Lipinski definition) is 8. The third-order valence-corrected chi connectivity index (χ3v) is 10.7. The van der Waals surface area contributed by atoms with Gasteiger partial charge in [-0.2, -0.15) is 5.26 Å². The molecular formula is C39H46N3O6P. The summed E-state index contributed by atoms with van der Waals surface area (Å²) in [5.74, 6) is 1.48. The fourth-order valence-corrected chi connectivity index (χ4v) is 8.09. The van der Waals surface area contributed by atoms with Crippen LogP contribution in [0.3, 0.4) is 0 Å². The lowest BCUT2D eigenvalue weighted by Crippen LogP contribution is -2.34. The van der Waals surface area contributed by atoms with Crippen LogP contribution in [0.15, 0.2) is 103 Å². The second-order valence-corrected chi connectivity index (χ2v) is 13.6. The van der Waals surface area contributed by atoms with Crippen LogP contribution in [0.1, 0.15) is 75.3 Å². The van der Waals surface area contributed by atoms with Gasteiger partial charge in [-0.15, -0.1) is 0 Å². The highest BCUT2D eigenvalue weighted by molar-refractivity contribution is 7.44. The van der Waals surface area contributed by atoms with Gasteiger partial charge in [0.2, 0.25) is 0 Å². The van der Waals surface area contributed by atoms with Crippen molar-refractivity contribution in [3.05, 3.63) is 135 Å². The maximum Gasteiger partial charge on any atom is 0.275 e. The van der Waals surface area contributed by atoms with Gasteiger partial charge in [0.15, 0.2) is 0 Å². The van der Waals surface area contributed by atoms with E-state index in [1.807, 2.05) is 42.5 Å². The van der Waals surface area contributed by atoms with E-state index in [2.05, 4.69) is 74.8 Å². The zero-order valence-corrected chi connectivity index (χ0v) is 30.0. The Hall–Kier alpha value is -4.32. The Balaban J connectivity index is 1.92. The predicted molar refractivity (Wildman–Crippen MR) is 194 cm³/mol. The first kappa shape index (κ1) is 37.5. The van der Waals surface area contributed by atoms with Crippen LogP contribution in [-0.2, 0) is 14.5 Å². The molecule has 0 heterocycles. The molecule has 2 atom stereocenters. The van der Waals surface area contributed by atoms with Crippen molar-refractivity contribution in [3.8, 4) is 17.6 Å². The average Bonchev–Trinajstić information content (AvgIpc) is 3.12. The molecule has 0 fully saturated rings. The number of nitro groups is 1. The standard InChI is InChI=1S/C39H46N3O6P/c1-29(2)41(30(3)4)49(47-28-12-27-40)48-38(36-15-10-11-16-37(36)42(43)44)25-26-39(31-13-8-7-9-14-31,32-17-21-34(45-5)22-18-32)33-19-23-35(46-6)24-20-33/h7-11,13-24,29-30,38H,12,25-26,28H2,1-6H3. The molecule has 258 valence electrons. The second kappa shape index (κ2) is 17.9. The van der Waals surface area contributed by atoms with Crippen LogP contribution >= 0.6 is 8.53 Å². The molecule has 10 heteroatoms. The summed E-state index contributed by atoms with van der Waals surface area (Å²) in [6.07, 6.45) is 0.419.